The van der Waals surface area contributed by atoms with Crippen molar-refractivity contribution in [1.29, 1.82) is 0 Å². The van der Waals surface area contributed by atoms with Gasteiger partial charge in [0.15, 0.2) is 9.84 Å². The highest BCUT2D eigenvalue weighted by atomic mass is 35.5. The number of benzene rings is 1. The summed E-state index contributed by atoms with van der Waals surface area (Å²) in [7, 11) is -3.82. The van der Waals surface area contributed by atoms with Gasteiger partial charge in [0.25, 0.3) is 5.56 Å². The number of carbonyl (C=O) groups excluding carboxylic acids is 1. The van der Waals surface area contributed by atoms with Gasteiger partial charge in [-0.3, -0.25) is 4.79 Å². The topological polar surface area (TPSA) is 91.7 Å². The van der Waals surface area contributed by atoms with Gasteiger partial charge in [-0.25, -0.2) is 13.2 Å². The van der Waals surface area contributed by atoms with Crippen LogP contribution in [-0.2, 0) is 14.6 Å². The van der Waals surface area contributed by atoms with E-state index in [0.29, 0.717) is 27.6 Å². The quantitative estimate of drug-likeness (QED) is 0.475. The molecular formula is C26H30ClNO6S. The Bertz CT molecular complexity index is 1350. The molecule has 35 heavy (non-hydrogen) atoms. The van der Waals surface area contributed by atoms with Crippen molar-refractivity contribution in [2.45, 2.75) is 94.1 Å². The second-order valence-electron chi connectivity index (χ2n) is 10.1. The van der Waals surface area contributed by atoms with E-state index >= 15 is 0 Å². The molecule has 0 bridgehead atoms. The summed E-state index contributed by atoms with van der Waals surface area (Å²) in [6.07, 6.45) is 6.31. The van der Waals surface area contributed by atoms with Gasteiger partial charge in [-0.05, 0) is 77.0 Å². The maximum absolute atomic E-state index is 13.7. The number of sulfone groups is 1. The lowest BCUT2D eigenvalue weighted by Crippen LogP contribution is -2.33. The predicted molar refractivity (Wildman–Crippen MR) is 133 cm³/mol. The molecule has 0 N–H and O–H groups in total. The number of nitrogens with zero attached hydrogens (tertiary/aromatic N) is 1. The monoisotopic (exact) mass is 519 g/mol. The fourth-order valence-electron chi connectivity index (χ4n) is 5.12. The first-order chi connectivity index (χ1) is 16.6. The Morgan fingerprint density at radius 1 is 1.09 bits per heavy atom. The maximum Gasteiger partial charge on any atom is 0.344 e. The zero-order valence-electron chi connectivity index (χ0n) is 20.2. The Morgan fingerprint density at radius 3 is 2.40 bits per heavy atom. The molecule has 0 amide bonds. The van der Waals surface area contributed by atoms with Crippen molar-refractivity contribution in [3.05, 3.63) is 44.7 Å². The number of fused-ring (bicyclic) bond motifs is 3. The predicted octanol–water partition coefficient (Wildman–Crippen LogP) is 5.63. The van der Waals surface area contributed by atoms with Gasteiger partial charge >= 0.3 is 5.97 Å². The van der Waals surface area contributed by atoms with Crippen LogP contribution in [0.1, 0.15) is 92.9 Å². The highest BCUT2D eigenvalue weighted by molar-refractivity contribution is 7.92. The summed E-state index contributed by atoms with van der Waals surface area (Å²) in [4.78, 5) is 26.3. The van der Waals surface area contributed by atoms with Crippen LogP contribution in [-0.4, -0.2) is 31.2 Å². The second-order valence-corrected chi connectivity index (χ2v) is 12.7. The van der Waals surface area contributed by atoms with Gasteiger partial charge in [0.1, 0.15) is 11.3 Å². The fraction of sp³-hybridized carbons (Fsp3) is 0.538. The van der Waals surface area contributed by atoms with Crippen molar-refractivity contribution in [1.82, 2.24) is 4.57 Å². The third-order valence-electron chi connectivity index (χ3n) is 7.08. The minimum atomic E-state index is -3.82. The summed E-state index contributed by atoms with van der Waals surface area (Å²) in [5.41, 5.74) is 0.705. The number of hydrogen-bond donors (Lipinski definition) is 0. The van der Waals surface area contributed by atoms with Gasteiger partial charge in [0.05, 0.1) is 33.1 Å². The van der Waals surface area contributed by atoms with Crippen molar-refractivity contribution in [3.63, 3.8) is 0 Å². The lowest BCUT2D eigenvalue weighted by atomic mass is 9.97. The molecule has 7 nitrogen and oxygen atoms in total. The van der Waals surface area contributed by atoms with Gasteiger partial charge in [-0.2, -0.15) is 0 Å². The first-order valence-corrected chi connectivity index (χ1v) is 14.3. The van der Waals surface area contributed by atoms with Crippen molar-refractivity contribution in [2.75, 3.05) is 0 Å². The highest BCUT2D eigenvalue weighted by Crippen LogP contribution is 2.50. The number of ether oxygens (including phenoxy) is 2. The summed E-state index contributed by atoms with van der Waals surface area (Å²) in [6.45, 7) is 4.99. The first kappa shape index (κ1) is 24.4. The highest BCUT2D eigenvalue weighted by Gasteiger charge is 2.41. The molecule has 2 saturated carbocycles. The number of pyridine rings is 1. The summed E-state index contributed by atoms with van der Waals surface area (Å²) >= 11 is 6.62. The molecule has 2 heterocycles. The van der Waals surface area contributed by atoms with E-state index in [2.05, 4.69) is 0 Å². The number of aromatic nitrogens is 1. The van der Waals surface area contributed by atoms with Crippen LogP contribution in [0.2, 0.25) is 5.02 Å². The Morgan fingerprint density at radius 2 is 1.77 bits per heavy atom. The van der Waals surface area contributed by atoms with Crippen molar-refractivity contribution >= 4 is 27.4 Å². The van der Waals surface area contributed by atoms with E-state index in [1.54, 1.807) is 31.4 Å². The maximum atomic E-state index is 13.7. The van der Waals surface area contributed by atoms with Crippen LogP contribution in [0.25, 0.3) is 11.3 Å². The lowest BCUT2D eigenvalue weighted by Gasteiger charge is -2.30. The van der Waals surface area contributed by atoms with Gasteiger partial charge in [0, 0.05) is 17.7 Å². The number of esters is 1. The van der Waals surface area contributed by atoms with Crippen LogP contribution < -0.4 is 10.3 Å². The van der Waals surface area contributed by atoms with Crippen molar-refractivity contribution < 1.29 is 22.7 Å². The van der Waals surface area contributed by atoms with E-state index in [1.165, 1.54) is 18.6 Å². The molecule has 0 spiro atoms. The molecule has 2 aliphatic carbocycles. The third-order valence-corrected chi connectivity index (χ3v) is 9.51. The molecule has 1 aromatic carbocycles. The Kier molecular flexibility index (Phi) is 6.24. The van der Waals surface area contributed by atoms with Crippen LogP contribution in [0.5, 0.6) is 5.75 Å². The van der Waals surface area contributed by atoms with Gasteiger partial charge in [0.2, 0.25) is 0 Å². The van der Waals surface area contributed by atoms with Gasteiger partial charge < -0.3 is 14.0 Å². The second kappa shape index (κ2) is 8.96. The average Bonchev–Trinajstić information content (AvgIpc) is 3.63. The molecule has 2 fully saturated rings. The fourth-order valence-corrected chi connectivity index (χ4v) is 6.96. The van der Waals surface area contributed by atoms with E-state index in [0.717, 1.165) is 38.5 Å². The Hall–Kier alpha value is -2.32. The lowest BCUT2D eigenvalue weighted by molar-refractivity contribution is 0.0375. The van der Waals surface area contributed by atoms with Crippen LogP contribution in [0.15, 0.2) is 27.9 Å². The average molecular weight is 520 g/mol. The van der Waals surface area contributed by atoms with Crippen LogP contribution >= 0.6 is 11.6 Å². The Labute approximate surface area is 210 Å². The minimum absolute atomic E-state index is 0.00877. The van der Waals surface area contributed by atoms with Crippen LogP contribution in [0.4, 0.5) is 0 Å². The number of rotatable bonds is 5. The van der Waals surface area contributed by atoms with E-state index in [4.69, 9.17) is 21.1 Å². The summed E-state index contributed by atoms with van der Waals surface area (Å²) < 4.78 is 40.3. The number of hydrogen-bond acceptors (Lipinski definition) is 6. The number of carbonyl (C=O) groups is 1. The van der Waals surface area contributed by atoms with Gasteiger partial charge in [-0.1, -0.05) is 18.0 Å². The van der Waals surface area contributed by atoms with E-state index < -0.39 is 32.7 Å². The molecule has 0 saturated heterocycles. The summed E-state index contributed by atoms with van der Waals surface area (Å²) in [5, 5.41) is -0.645. The molecule has 9 heteroatoms. The standard InChI is InChI=1S/C26H30ClNO6S/c1-14(2)33-26(30)20-11-18-15(3)35(31,32)23-13-22(34-17-7-5-4-6-8-17)21(27)12-19(23)24(18)28(25(20)29)16-9-10-16/h11-17H,4-10H2,1-3H3. The van der Waals surface area contributed by atoms with Crippen LogP contribution in [0, 0.1) is 0 Å². The van der Waals surface area contributed by atoms with Crippen LogP contribution in [0.3, 0.4) is 0 Å². The molecule has 5 rings (SSSR count). The largest absolute Gasteiger partial charge is 0.489 e. The Balaban J connectivity index is 1.70. The van der Waals surface area contributed by atoms with E-state index in [1.807, 2.05) is 0 Å². The number of halogens is 1. The van der Waals surface area contributed by atoms with Crippen molar-refractivity contribution in [2.24, 2.45) is 0 Å². The zero-order valence-corrected chi connectivity index (χ0v) is 21.7. The molecule has 0 radical (unpaired) electrons. The summed E-state index contributed by atoms with van der Waals surface area (Å²) in [5.74, 6) is -0.388. The molecule has 2 aromatic rings. The SMILES string of the molecule is CC(C)OC(=O)c1cc2c(n(C3CC3)c1=O)-c1cc(Cl)c(OC3CCCCC3)cc1S(=O)(=O)C2C. The third kappa shape index (κ3) is 4.29. The zero-order chi connectivity index (χ0) is 25.1. The van der Waals surface area contributed by atoms with Crippen molar-refractivity contribution in [3.8, 4) is 17.0 Å². The van der Waals surface area contributed by atoms with E-state index in [9.17, 15) is 18.0 Å². The normalized spacial score (nSPS) is 21.3. The van der Waals surface area contributed by atoms with E-state index in [-0.39, 0.29) is 22.6 Å². The minimum Gasteiger partial charge on any atom is -0.489 e. The molecule has 1 unspecified atom stereocenters. The molecule has 1 atom stereocenters. The summed E-state index contributed by atoms with van der Waals surface area (Å²) in [6, 6.07) is 4.42. The molecular weight excluding hydrogens is 490 g/mol. The molecule has 188 valence electrons. The molecule has 1 aromatic heterocycles. The molecule has 1 aliphatic heterocycles. The van der Waals surface area contributed by atoms with Gasteiger partial charge in [-0.15, -0.1) is 0 Å². The smallest absolute Gasteiger partial charge is 0.344 e. The molecule has 3 aliphatic rings. The first-order valence-electron chi connectivity index (χ1n) is 12.3.